The van der Waals surface area contributed by atoms with Crippen molar-refractivity contribution in [3.8, 4) is 0 Å². The molecule has 0 aliphatic carbocycles. The van der Waals surface area contributed by atoms with Crippen LogP contribution in [0.5, 0.6) is 0 Å². The fourth-order valence-corrected chi connectivity index (χ4v) is 3.55. The second-order valence-corrected chi connectivity index (χ2v) is 8.58. The van der Waals surface area contributed by atoms with E-state index >= 15 is 0 Å². The standard InChI is InChI=1S/C17H20ClN3O3S/c1-17(2,3)21-25(23,24)15-10-8-14(9-11-15)20-16(22)19-13-6-4-12(18)5-7-13/h4-11,21H,1-3H3,(H2,19,20,22). The van der Waals surface area contributed by atoms with Crippen molar-refractivity contribution in [3.63, 3.8) is 0 Å². The molecule has 0 fully saturated rings. The Kier molecular flexibility index (Phi) is 5.72. The first-order valence-electron chi connectivity index (χ1n) is 7.53. The topological polar surface area (TPSA) is 87.3 Å². The van der Waals surface area contributed by atoms with Crippen molar-refractivity contribution in [3.05, 3.63) is 53.6 Å². The third-order valence-electron chi connectivity index (χ3n) is 2.97. The fraction of sp³-hybridized carbons (Fsp3) is 0.235. The first-order chi connectivity index (χ1) is 11.5. The molecule has 2 aromatic rings. The van der Waals surface area contributed by atoms with E-state index in [0.717, 1.165) is 0 Å². The van der Waals surface area contributed by atoms with Crippen molar-refractivity contribution in [2.75, 3.05) is 10.6 Å². The van der Waals surface area contributed by atoms with Gasteiger partial charge in [0.05, 0.1) is 4.90 Å². The minimum Gasteiger partial charge on any atom is -0.308 e. The zero-order valence-corrected chi connectivity index (χ0v) is 15.7. The molecule has 0 spiro atoms. The average Bonchev–Trinajstić information content (AvgIpc) is 2.48. The highest BCUT2D eigenvalue weighted by Gasteiger charge is 2.21. The van der Waals surface area contributed by atoms with Crippen LogP contribution >= 0.6 is 11.6 Å². The lowest BCUT2D eigenvalue weighted by molar-refractivity contribution is 0.262. The van der Waals surface area contributed by atoms with Crippen molar-refractivity contribution < 1.29 is 13.2 Å². The van der Waals surface area contributed by atoms with E-state index in [1.54, 1.807) is 45.0 Å². The number of carbonyl (C=O) groups excluding carboxylic acids is 1. The first-order valence-corrected chi connectivity index (χ1v) is 9.39. The maximum Gasteiger partial charge on any atom is 0.323 e. The SMILES string of the molecule is CC(C)(C)NS(=O)(=O)c1ccc(NC(=O)Nc2ccc(Cl)cc2)cc1. The molecule has 3 N–H and O–H groups in total. The molecule has 6 nitrogen and oxygen atoms in total. The summed E-state index contributed by atoms with van der Waals surface area (Å²) in [6, 6.07) is 12.2. The molecule has 0 unspecified atom stereocenters. The molecule has 0 radical (unpaired) electrons. The summed E-state index contributed by atoms with van der Waals surface area (Å²) in [6.07, 6.45) is 0. The molecular formula is C17H20ClN3O3S. The number of hydrogen-bond acceptors (Lipinski definition) is 3. The smallest absolute Gasteiger partial charge is 0.308 e. The van der Waals surface area contributed by atoms with E-state index in [9.17, 15) is 13.2 Å². The second-order valence-electron chi connectivity index (χ2n) is 6.47. The Balaban J connectivity index is 2.02. The molecule has 0 aliphatic rings. The number of sulfonamides is 1. The van der Waals surface area contributed by atoms with Gasteiger partial charge >= 0.3 is 6.03 Å². The van der Waals surface area contributed by atoms with Crippen LogP contribution in [0.2, 0.25) is 5.02 Å². The van der Waals surface area contributed by atoms with Gasteiger partial charge in [-0.05, 0) is 69.3 Å². The summed E-state index contributed by atoms with van der Waals surface area (Å²) in [6.45, 7) is 5.30. The molecule has 25 heavy (non-hydrogen) atoms. The largest absolute Gasteiger partial charge is 0.323 e. The Bertz CT molecular complexity index is 842. The molecule has 0 aliphatic heterocycles. The van der Waals surface area contributed by atoms with Gasteiger partial charge in [-0.1, -0.05) is 11.6 Å². The Morgan fingerprint density at radius 2 is 1.32 bits per heavy atom. The minimum atomic E-state index is -3.61. The number of nitrogens with one attached hydrogen (secondary N) is 3. The predicted octanol–water partition coefficient (Wildman–Crippen LogP) is 4.06. The van der Waals surface area contributed by atoms with Crippen LogP contribution < -0.4 is 15.4 Å². The summed E-state index contributed by atoms with van der Waals surface area (Å²) in [7, 11) is -3.61. The van der Waals surface area contributed by atoms with Gasteiger partial charge in [-0.3, -0.25) is 0 Å². The normalized spacial score (nSPS) is 11.8. The highest BCUT2D eigenvalue weighted by Crippen LogP contribution is 2.17. The van der Waals surface area contributed by atoms with Crippen LogP contribution in [0.25, 0.3) is 0 Å². The molecule has 2 aromatic carbocycles. The van der Waals surface area contributed by atoms with E-state index in [0.29, 0.717) is 16.4 Å². The van der Waals surface area contributed by atoms with Gasteiger partial charge in [0.2, 0.25) is 10.0 Å². The number of rotatable bonds is 4. The molecule has 0 saturated heterocycles. The maximum absolute atomic E-state index is 12.2. The van der Waals surface area contributed by atoms with Gasteiger partial charge in [-0.15, -0.1) is 0 Å². The van der Waals surface area contributed by atoms with Crippen LogP contribution in [0, 0.1) is 0 Å². The van der Waals surface area contributed by atoms with Crippen LogP contribution in [0.4, 0.5) is 16.2 Å². The highest BCUT2D eigenvalue weighted by molar-refractivity contribution is 7.89. The summed E-state index contributed by atoms with van der Waals surface area (Å²) in [5.41, 5.74) is 0.491. The number of urea groups is 1. The minimum absolute atomic E-state index is 0.131. The number of amides is 2. The first kappa shape index (κ1) is 19.2. The van der Waals surface area contributed by atoms with Crippen LogP contribution in [0.1, 0.15) is 20.8 Å². The van der Waals surface area contributed by atoms with Crippen LogP contribution in [-0.4, -0.2) is 20.0 Å². The van der Waals surface area contributed by atoms with Gasteiger partial charge in [0.25, 0.3) is 0 Å². The van der Waals surface area contributed by atoms with Crippen LogP contribution in [-0.2, 0) is 10.0 Å². The van der Waals surface area contributed by atoms with Crippen molar-refractivity contribution in [2.45, 2.75) is 31.2 Å². The Labute approximate surface area is 152 Å². The predicted molar refractivity (Wildman–Crippen MR) is 101 cm³/mol. The fourth-order valence-electron chi connectivity index (χ4n) is 2.01. The molecule has 134 valence electrons. The van der Waals surface area contributed by atoms with Gasteiger partial charge < -0.3 is 10.6 Å². The van der Waals surface area contributed by atoms with Crippen molar-refractivity contribution in [2.24, 2.45) is 0 Å². The molecule has 0 heterocycles. The van der Waals surface area contributed by atoms with E-state index in [2.05, 4.69) is 15.4 Å². The Morgan fingerprint density at radius 1 is 0.880 bits per heavy atom. The van der Waals surface area contributed by atoms with E-state index in [4.69, 9.17) is 11.6 Å². The Morgan fingerprint density at radius 3 is 1.76 bits per heavy atom. The summed E-state index contributed by atoms with van der Waals surface area (Å²) in [5, 5.41) is 5.86. The lowest BCUT2D eigenvalue weighted by Crippen LogP contribution is -2.40. The molecule has 2 rings (SSSR count). The zero-order valence-electron chi connectivity index (χ0n) is 14.1. The molecular weight excluding hydrogens is 362 g/mol. The van der Waals surface area contributed by atoms with Crippen molar-refractivity contribution in [1.82, 2.24) is 4.72 Å². The van der Waals surface area contributed by atoms with E-state index < -0.39 is 21.6 Å². The van der Waals surface area contributed by atoms with Crippen molar-refractivity contribution >= 4 is 39.0 Å². The van der Waals surface area contributed by atoms with Gasteiger partial charge in [-0.25, -0.2) is 17.9 Å². The van der Waals surface area contributed by atoms with Crippen molar-refractivity contribution in [1.29, 1.82) is 0 Å². The second kappa shape index (κ2) is 7.43. The zero-order chi connectivity index (χ0) is 18.7. The summed E-state index contributed by atoms with van der Waals surface area (Å²) in [5.74, 6) is 0. The van der Waals surface area contributed by atoms with Gasteiger partial charge in [0, 0.05) is 21.9 Å². The number of carbonyl (C=O) groups is 1. The quantitative estimate of drug-likeness (QED) is 0.746. The lowest BCUT2D eigenvalue weighted by atomic mass is 10.1. The van der Waals surface area contributed by atoms with E-state index in [1.165, 1.54) is 24.3 Å². The van der Waals surface area contributed by atoms with Gasteiger partial charge in [0.15, 0.2) is 0 Å². The van der Waals surface area contributed by atoms with E-state index in [1.807, 2.05) is 0 Å². The highest BCUT2D eigenvalue weighted by atomic mass is 35.5. The summed E-state index contributed by atoms with van der Waals surface area (Å²) < 4.78 is 27.0. The number of hydrogen-bond donors (Lipinski definition) is 3. The average molecular weight is 382 g/mol. The van der Waals surface area contributed by atoms with E-state index in [-0.39, 0.29) is 4.90 Å². The molecule has 0 atom stereocenters. The molecule has 2 amide bonds. The third kappa shape index (κ3) is 6.04. The maximum atomic E-state index is 12.2. The van der Waals surface area contributed by atoms with Gasteiger partial charge in [-0.2, -0.15) is 0 Å². The molecule has 8 heteroatoms. The summed E-state index contributed by atoms with van der Waals surface area (Å²) >= 11 is 5.79. The summed E-state index contributed by atoms with van der Waals surface area (Å²) in [4.78, 5) is 12.1. The monoisotopic (exact) mass is 381 g/mol. The molecule has 0 bridgehead atoms. The lowest BCUT2D eigenvalue weighted by Gasteiger charge is -2.20. The Hall–Kier alpha value is -2.09. The number of anilines is 2. The van der Waals surface area contributed by atoms with Crippen LogP contribution in [0.15, 0.2) is 53.4 Å². The molecule has 0 aromatic heterocycles. The molecule has 0 saturated carbocycles. The number of halogens is 1. The third-order valence-corrected chi connectivity index (χ3v) is 4.99. The number of benzene rings is 2. The van der Waals surface area contributed by atoms with Crippen LogP contribution in [0.3, 0.4) is 0 Å². The van der Waals surface area contributed by atoms with Gasteiger partial charge in [0.1, 0.15) is 0 Å².